The summed E-state index contributed by atoms with van der Waals surface area (Å²) in [6.45, 7) is 3.16. The third-order valence-electron chi connectivity index (χ3n) is 5.93. The van der Waals surface area contributed by atoms with Gasteiger partial charge in [-0.15, -0.1) is 0 Å². The van der Waals surface area contributed by atoms with Crippen LogP contribution in [0.5, 0.6) is 0 Å². The van der Waals surface area contributed by atoms with Gasteiger partial charge >= 0.3 is 6.18 Å². The molecule has 6 nitrogen and oxygen atoms in total. The minimum atomic E-state index is -4.74. The number of nitrogens with two attached hydrogens (primary N) is 1. The molecule has 0 radical (unpaired) electrons. The van der Waals surface area contributed by atoms with Crippen LogP contribution in [0.25, 0.3) is 0 Å². The fourth-order valence-electron chi connectivity index (χ4n) is 4.31. The van der Waals surface area contributed by atoms with Gasteiger partial charge in [0.15, 0.2) is 0 Å². The van der Waals surface area contributed by atoms with Crippen molar-refractivity contribution >= 4 is 17.4 Å². The zero-order valence-corrected chi connectivity index (χ0v) is 18.7. The summed E-state index contributed by atoms with van der Waals surface area (Å²) in [5, 5.41) is 3.64. The maximum Gasteiger partial charge on any atom is 0.418 e. The third-order valence-corrected chi connectivity index (χ3v) is 5.93. The lowest BCUT2D eigenvalue weighted by molar-refractivity contribution is -0.138. The Bertz CT molecular complexity index is 1150. The van der Waals surface area contributed by atoms with E-state index >= 15 is 0 Å². The molecule has 4 rings (SSSR count). The van der Waals surface area contributed by atoms with E-state index in [1.807, 2.05) is 35.2 Å². The van der Waals surface area contributed by atoms with Crippen LogP contribution in [0.15, 0.2) is 60.8 Å². The molecule has 9 heteroatoms. The maximum absolute atomic E-state index is 13.8. The molecule has 0 saturated carbocycles. The minimum absolute atomic E-state index is 0.0243. The smallest absolute Gasteiger partial charge is 0.383 e. The van der Waals surface area contributed by atoms with Crippen molar-refractivity contribution in [3.8, 4) is 0 Å². The number of alkyl halides is 3. The van der Waals surface area contributed by atoms with Crippen LogP contribution in [0.1, 0.15) is 53.0 Å². The van der Waals surface area contributed by atoms with Gasteiger partial charge < -0.3 is 16.0 Å². The first-order chi connectivity index (χ1) is 16.3. The molecule has 0 aliphatic carbocycles. The van der Waals surface area contributed by atoms with E-state index in [1.165, 1.54) is 24.4 Å². The highest BCUT2D eigenvalue weighted by Gasteiger charge is 2.38. The largest absolute Gasteiger partial charge is 0.418 e. The lowest BCUT2D eigenvalue weighted by atomic mass is 9.99. The zero-order chi connectivity index (χ0) is 24.3. The van der Waals surface area contributed by atoms with Crippen LogP contribution in [-0.4, -0.2) is 34.9 Å². The number of benzene rings is 1. The Hall–Kier alpha value is -3.46. The predicted molar refractivity (Wildman–Crippen MR) is 125 cm³/mol. The Morgan fingerprint density at radius 2 is 1.88 bits per heavy atom. The molecule has 1 fully saturated rings. The second-order valence-electron chi connectivity index (χ2n) is 8.35. The van der Waals surface area contributed by atoms with Crippen molar-refractivity contribution in [2.45, 2.75) is 38.0 Å². The number of nitrogens with one attached hydrogen (secondary N) is 1. The van der Waals surface area contributed by atoms with Crippen LogP contribution < -0.4 is 16.0 Å². The van der Waals surface area contributed by atoms with Crippen LogP contribution in [0, 0.1) is 0 Å². The van der Waals surface area contributed by atoms with Crippen molar-refractivity contribution in [3.05, 3.63) is 83.2 Å². The van der Waals surface area contributed by atoms with Gasteiger partial charge in [-0.05, 0) is 36.2 Å². The predicted octanol–water partition coefficient (Wildman–Crippen LogP) is 4.63. The van der Waals surface area contributed by atoms with E-state index in [0.717, 1.165) is 24.5 Å². The fraction of sp³-hybridized carbons (Fsp3) is 0.320. The van der Waals surface area contributed by atoms with Gasteiger partial charge in [0, 0.05) is 25.3 Å². The second kappa shape index (κ2) is 9.80. The summed E-state index contributed by atoms with van der Waals surface area (Å²) < 4.78 is 41.3. The summed E-state index contributed by atoms with van der Waals surface area (Å²) in [5.41, 5.74) is 4.98. The van der Waals surface area contributed by atoms with Crippen molar-refractivity contribution in [2.75, 3.05) is 23.7 Å². The average molecular weight is 470 g/mol. The molecule has 0 amide bonds. The first-order valence-electron chi connectivity index (χ1n) is 11.2. The number of rotatable bonds is 6. The molecule has 1 saturated heterocycles. The van der Waals surface area contributed by atoms with Gasteiger partial charge in [-0.2, -0.15) is 13.2 Å². The second-order valence-corrected chi connectivity index (χ2v) is 8.35. The Kier molecular flexibility index (Phi) is 6.83. The van der Waals surface area contributed by atoms with Gasteiger partial charge in [0.25, 0.3) is 0 Å². The van der Waals surface area contributed by atoms with Gasteiger partial charge in [0.05, 0.1) is 17.2 Å². The van der Waals surface area contributed by atoms with E-state index in [0.29, 0.717) is 18.9 Å². The molecule has 1 aromatic carbocycles. The molecule has 0 bridgehead atoms. The lowest BCUT2D eigenvalue weighted by Crippen LogP contribution is -2.52. The standard InChI is InChI=1S/C25H26F3N5O/c1-2-7-17-14-33(15-20(31-17)16-8-4-3-5-9-16)21-12-11-19(25(26,27)28)22(32-21)23(34)18-10-6-13-30-24(18)29/h3-6,8-13,17,20,31H,2,7,14-15H2,1H3,(H2,29,30)/t17-,20-/m1/s1. The van der Waals surface area contributed by atoms with E-state index in [4.69, 9.17) is 5.73 Å². The van der Waals surface area contributed by atoms with E-state index in [-0.39, 0.29) is 23.5 Å². The van der Waals surface area contributed by atoms with Gasteiger partial charge in [-0.25, -0.2) is 9.97 Å². The number of hydrogen-bond donors (Lipinski definition) is 2. The normalized spacial score (nSPS) is 18.6. The van der Waals surface area contributed by atoms with Crippen molar-refractivity contribution < 1.29 is 18.0 Å². The summed E-state index contributed by atoms with van der Waals surface area (Å²) in [7, 11) is 0. The summed E-state index contributed by atoms with van der Waals surface area (Å²) in [5.74, 6) is -0.718. The highest BCUT2D eigenvalue weighted by Crippen LogP contribution is 2.35. The maximum atomic E-state index is 13.8. The number of anilines is 2. The molecule has 0 spiro atoms. The SMILES string of the molecule is CCC[C@@H]1CN(c2ccc(C(F)(F)F)c(C(=O)c3cccnc3N)n2)C[C@H](c2ccccc2)N1. The van der Waals surface area contributed by atoms with Gasteiger partial charge in [0.1, 0.15) is 17.3 Å². The Labute approximate surface area is 196 Å². The highest BCUT2D eigenvalue weighted by molar-refractivity contribution is 6.11. The van der Waals surface area contributed by atoms with Gasteiger partial charge in [-0.3, -0.25) is 4.79 Å². The number of ketones is 1. The zero-order valence-electron chi connectivity index (χ0n) is 18.7. The number of nitrogen functional groups attached to an aromatic ring is 1. The van der Waals surface area contributed by atoms with Crippen molar-refractivity contribution in [3.63, 3.8) is 0 Å². The fourth-order valence-corrected chi connectivity index (χ4v) is 4.31. The Morgan fingerprint density at radius 1 is 1.12 bits per heavy atom. The molecule has 1 aliphatic heterocycles. The van der Waals surface area contributed by atoms with E-state index < -0.39 is 23.2 Å². The van der Waals surface area contributed by atoms with Crippen LogP contribution in [-0.2, 0) is 6.18 Å². The number of piperazine rings is 1. The van der Waals surface area contributed by atoms with Gasteiger partial charge in [-0.1, -0.05) is 43.7 Å². The monoisotopic (exact) mass is 469 g/mol. The molecular weight excluding hydrogens is 443 g/mol. The average Bonchev–Trinajstić information content (AvgIpc) is 2.83. The van der Waals surface area contributed by atoms with Crippen molar-refractivity contribution in [1.82, 2.24) is 15.3 Å². The number of carbonyl (C=O) groups is 1. The molecule has 1 aliphatic rings. The molecule has 3 N–H and O–H groups in total. The molecule has 178 valence electrons. The number of aromatic nitrogens is 2. The lowest BCUT2D eigenvalue weighted by Gasteiger charge is -2.40. The van der Waals surface area contributed by atoms with Crippen LogP contribution >= 0.6 is 0 Å². The Morgan fingerprint density at radius 3 is 2.56 bits per heavy atom. The van der Waals surface area contributed by atoms with Crippen molar-refractivity contribution in [2.24, 2.45) is 0 Å². The van der Waals surface area contributed by atoms with Crippen molar-refractivity contribution in [1.29, 1.82) is 0 Å². The molecule has 34 heavy (non-hydrogen) atoms. The molecule has 2 aromatic heterocycles. The van der Waals surface area contributed by atoms with Gasteiger partial charge in [0.2, 0.25) is 5.78 Å². The molecule has 2 atom stereocenters. The number of nitrogens with zero attached hydrogens (tertiary/aromatic N) is 3. The number of halogens is 3. The topological polar surface area (TPSA) is 84.1 Å². The van der Waals surface area contributed by atoms with Crippen LogP contribution in [0.4, 0.5) is 24.8 Å². The molecule has 3 aromatic rings. The first-order valence-corrected chi connectivity index (χ1v) is 11.2. The molecule has 3 heterocycles. The molecule has 0 unspecified atom stereocenters. The van der Waals surface area contributed by atoms with Crippen LogP contribution in [0.3, 0.4) is 0 Å². The summed E-state index contributed by atoms with van der Waals surface area (Å²) in [6.07, 6.45) is -1.51. The highest BCUT2D eigenvalue weighted by atomic mass is 19.4. The number of hydrogen-bond acceptors (Lipinski definition) is 6. The van der Waals surface area contributed by atoms with E-state index in [1.54, 1.807) is 0 Å². The minimum Gasteiger partial charge on any atom is -0.383 e. The first kappa shape index (κ1) is 23.7. The van der Waals surface area contributed by atoms with E-state index in [9.17, 15) is 18.0 Å². The van der Waals surface area contributed by atoms with E-state index in [2.05, 4.69) is 22.2 Å². The number of carbonyl (C=O) groups excluding carboxylic acids is 1. The Balaban J connectivity index is 1.74. The quantitative estimate of drug-likeness (QED) is 0.512. The summed E-state index contributed by atoms with van der Waals surface area (Å²) in [4.78, 5) is 23.1. The van der Waals surface area contributed by atoms with Crippen LogP contribution in [0.2, 0.25) is 0 Å². The number of pyridine rings is 2. The molecular formula is C25H26F3N5O. The third kappa shape index (κ3) is 5.04. The summed E-state index contributed by atoms with van der Waals surface area (Å²) >= 11 is 0. The summed E-state index contributed by atoms with van der Waals surface area (Å²) in [6, 6.07) is 15.1.